The van der Waals surface area contributed by atoms with Crippen LogP contribution in [0.3, 0.4) is 0 Å². The van der Waals surface area contributed by atoms with E-state index in [1.165, 1.54) is 22.3 Å². The molecule has 1 N–H and O–H groups in total. The van der Waals surface area contributed by atoms with Gasteiger partial charge in [0.25, 0.3) is 0 Å². The van der Waals surface area contributed by atoms with Crippen molar-refractivity contribution in [2.45, 2.75) is 52.7 Å². The highest BCUT2D eigenvalue weighted by Gasteiger charge is 2.28. The minimum Gasteiger partial charge on any atom is -0.392 e. The quantitative estimate of drug-likeness (QED) is 0.891. The highest BCUT2D eigenvalue weighted by atomic mass is 16.5. The number of rotatable bonds is 3. The van der Waals surface area contributed by atoms with E-state index in [1.807, 2.05) is 0 Å². The Kier molecular flexibility index (Phi) is 4.08. The number of aliphatic hydroxyl groups is 1. The number of aryl methyl sites for hydroxylation is 3. The zero-order valence-corrected chi connectivity index (χ0v) is 11.9. The molecule has 1 fully saturated rings. The Bertz CT molecular complexity index is 402. The summed E-state index contributed by atoms with van der Waals surface area (Å²) in [6.07, 6.45) is 1.74. The van der Waals surface area contributed by atoms with Crippen molar-refractivity contribution in [1.82, 2.24) is 0 Å². The molecule has 1 aliphatic rings. The second kappa shape index (κ2) is 5.41. The first-order valence-electron chi connectivity index (χ1n) is 6.83. The summed E-state index contributed by atoms with van der Waals surface area (Å²) in [5.41, 5.74) is 5.17. The van der Waals surface area contributed by atoms with Crippen LogP contribution in [0.25, 0.3) is 0 Å². The molecule has 2 rings (SSSR count). The van der Waals surface area contributed by atoms with Gasteiger partial charge in [-0.05, 0) is 57.2 Å². The van der Waals surface area contributed by atoms with Crippen molar-refractivity contribution in [1.29, 1.82) is 0 Å². The lowest BCUT2D eigenvalue weighted by Gasteiger charge is -2.19. The van der Waals surface area contributed by atoms with Crippen LogP contribution < -0.4 is 0 Å². The van der Waals surface area contributed by atoms with E-state index in [0.717, 1.165) is 12.8 Å². The van der Waals surface area contributed by atoms with Crippen LogP contribution in [0.1, 0.15) is 35.6 Å². The summed E-state index contributed by atoms with van der Waals surface area (Å²) in [5.74, 6) is 0.292. The highest BCUT2D eigenvalue weighted by molar-refractivity contribution is 5.37. The number of hydrogen-bond acceptors (Lipinski definition) is 2. The molecule has 0 saturated carbocycles. The molecule has 0 amide bonds. The summed E-state index contributed by atoms with van der Waals surface area (Å²) in [5, 5.41) is 10.4. The molecule has 0 bridgehead atoms. The van der Waals surface area contributed by atoms with E-state index >= 15 is 0 Å². The Labute approximate surface area is 110 Å². The first-order chi connectivity index (χ1) is 8.47. The van der Waals surface area contributed by atoms with Crippen LogP contribution in [-0.4, -0.2) is 23.9 Å². The van der Waals surface area contributed by atoms with Crippen LogP contribution in [0.15, 0.2) is 12.1 Å². The average Bonchev–Trinajstić information content (AvgIpc) is 2.70. The molecule has 3 atom stereocenters. The van der Waals surface area contributed by atoms with Gasteiger partial charge in [0.15, 0.2) is 0 Å². The Morgan fingerprint density at radius 3 is 2.39 bits per heavy atom. The fourth-order valence-electron chi connectivity index (χ4n) is 3.03. The predicted octanol–water partition coefficient (Wildman–Crippen LogP) is 2.94. The maximum Gasteiger partial charge on any atom is 0.0631 e. The summed E-state index contributed by atoms with van der Waals surface area (Å²) in [6.45, 7) is 9.17. The molecule has 0 aliphatic carbocycles. The zero-order chi connectivity index (χ0) is 13.3. The van der Waals surface area contributed by atoms with E-state index in [1.54, 1.807) is 0 Å². The third-order valence-corrected chi connectivity index (χ3v) is 4.03. The maximum atomic E-state index is 10.4. The largest absolute Gasteiger partial charge is 0.392 e. The van der Waals surface area contributed by atoms with Gasteiger partial charge in [0.05, 0.1) is 18.8 Å². The molecular weight excluding hydrogens is 224 g/mol. The molecule has 3 unspecified atom stereocenters. The van der Waals surface area contributed by atoms with Gasteiger partial charge in [-0.3, -0.25) is 0 Å². The summed E-state index contributed by atoms with van der Waals surface area (Å²) in [7, 11) is 0. The van der Waals surface area contributed by atoms with Crippen molar-refractivity contribution in [3.8, 4) is 0 Å². The van der Waals surface area contributed by atoms with Crippen LogP contribution in [0, 0.1) is 26.7 Å². The Balaban J connectivity index is 2.09. The van der Waals surface area contributed by atoms with Crippen LogP contribution in [0.4, 0.5) is 0 Å². The first-order valence-corrected chi connectivity index (χ1v) is 6.83. The molecule has 1 saturated heterocycles. The third kappa shape index (κ3) is 2.93. The molecule has 1 aromatic carbocycles. The van der Waals surface area contributed by atoms with Gasteiger partial charge >= 0.3 is 0 Å². The van der Waals surface area contributed by atoms with Gasteiger partial charge in [-0.2, -0.15) is 0 Å². The average molecular weight is 248 g/mol. The van der Waals surface area contributed by atoms with Crippen molar-refractivity contribution in [3.63, 3.8) is 0 Å². The molecule has 0 aromatic heterocycles. The summed E-state index contributed by atoms with van der Waals surface area (Å²) < 4.78 is 5.54. The molecule has 0 radical (unpaired) electrons. The molecule has 1 aliphatic heterocycles. The number of ether oxygens (including phenoxy) is 1. The first kappa shape index (κ1) is 13.6. The Morgan fingerprint density at radius 2 is 1.89 bits per heavy atom. The fourth-order valence-corrected chi connectivity index (χ4v) is 3.03. The predicted molar refractivity (Wildman–Crippen MR) is 73.9 cm³/mol. The van der Waals surface area contributed by atoms with Crippen molar-refractivity contribution in [2.75, 3.05) is 6.61 Å². The second-order valence-corrected chi connectivity index (χ2v) is 5.79. The molecule has 1 heterocycles. The standard InChI is InChI=1S/C16H24O2/c1-10-5-11(2)15(12(3)6-10)8-16(17)14-7-13(4)18-9-14/h5-6,13-14,16-17H,7-9H2,1-4H3. The molecule has 1 aromatic rings. The van der Waals surface area contributed by atoms with Gasteiger partial charge in [-0.25, -0.2) is 0 Å². The highest BCUT2D eigenvalue weighted by Crippen LogP contribution is 2.26. The van der Waals surface area contributed by atoms with Crippen molar-refractivity contribution in [3.05, 3.63) is 34.4 Å². The lowest BCUT2D eigenvalue weighted by molar-refractivity contribution is 0.0805. The minimum atomic E-state index is -0.282. The van der Waals surface area contributed by atoms with Crippen LogP contribution >= 0.6 is 0 Å². The normalized spacial score (nSPS) is 25.4. The minimum absolute atomic E-state index is 0.282. The number of aliphatic hydroxyl groups excluding tert-OH is 1. The molecular formula is C16H24O2. The molecule has 0 spiro atoms. The van der Waals surface area contributed by atoms with Gasteiger partial charge in [-0.1, -0.05) is 17.7 Å². The summed E-state index contributed by atoms with van der Waals surface area (Å²) in [6, 6.07) is 4.39. The van der Waals surface area contributed by atoms with Gasteiger partial charge in [0, 0.05) is 5.92 Å². The van der Waals surface area contributed by atoms with Crippen molar-refractivity contribution < 1.29 is 9.84 Å². The topological polar surface area (TPSA) is 29.5 Å². The number of benzene rings is 1. The number of hydrogen-bond donors (Lipinski definition) is 1. The van der Waals surface area contributed by atoms with Crippen molar-refractivity contribution >= 4 is 0 Å². The SMILES string of the molecule is Cc1cc(C)c(CC(O)C2COC(C)C2)c(C)c1. The molecule has 2 nitrogen and oxygen atoms in total. The molecule has 100 valence electrons. The van der Waals surface area contributed by atoms with Crippen molar-refractivity contribution in [2.24, 2.45) is 5.92 Å². The van der Waals surface area contributed by atoms with E-state index < -0.39 is 0 Å². The van der Waals surface area contributed by atoms with E-state index in [4.69, 9.17) is 4.74 Å². The lowest BCUT2D eigenvalue weighted by atomic mass is 9.89. The van der Waals surface area contributed by atoms with E-state index in [2.05, 4.69) is 39.8 Å². The monoisotopic (exact) mass is 248 g/mol. The van der Waals surface area contributed by atoms with Gasteiger partial charge in [0.1, 0.15) is 0 Å². The van der Waals surface area contributed by atoms with Gasteiger partial charge in [0.2, 0.25) is 0 Å². The molecule has 18 heavy (non-hydrogen) atoms. The van der Waals surface area contributed by atoms with Gasteiger partial charge < -0.3 is 9.84 Å². The lowest BCUT2D eigenvalue weighted by Crippen LogP contribution is -2.24. The zero-order valence-electron chi connectivity index (χ0n) is 11.9. The third-order valence-electron chi connectivity index (χ3n) is 4.03. The van der Waals surface area contributed by atoms with E-state index in [9.17, 15) is 5.11 Å². The Hall–Kier alpha value is -0.860. The van der Waals surface area contributed by atoms with Crippen LogP contribution in [0.2, 0.25) is 0 Å². The van der Waals surface area contributed by atoms with E-state index in [-0.39, 0.29) is 6.10 Å². The fraction of sp³-hybridized carbons (Fsp3) is 0.625. The van der Waals surface area contributed by atoms with E-state index in [0.29, 0.717) is 18.6 Å². The van der Waals surface area contributed by atoms with Crippen LogP contribution in [0.5, 0.6) is 0 Å². The van der Waals surface area contributed by atoms with Crippen LogP contribution in [-0.2, 0) is 11.2 Å². The summed E-state index contributed by atoms with van der Waals surface area (Å²) in [4.78, 5) is 0. The van der Waals surface area contributed by atoms with Gasteiger partial charge in [-0.15, -0.1) is 0 Å². The smallest absolute Gasteiger partial charge is 0.0631 e. The second-order valence-electron chi connectivity index (χ2n) is 5.79. The maximum absolute atomic E-state index is 10.4. The molecule has 2 heteroatoms. The summed E-state index contributed by atoms with van der Waals surface area (Å²) >= 11 is 0. The Morgan fingerprint density at radius 1 is 1.28 bits per heavy atom.